The quantitative estimate of drug-likeness (QED) is 0.444. The smallest absolute Gasteiger partial charge is 0.00788 e. The van der Waals surface area contributed by atoms with Crippen molar-refractivity contribution in [3.05, 3.63) is 23.3 Å². The van der Waals surface area contributed by atoms with Gasteiger partial charge in [0, 0.05) is 0 Å². The van der Waals surface area contributed by atoms with Gasteiger partial charge in [0.1, 0.15) is 0 Å². The Kier molecular flexibility index (Phi) is 4.58. The lowest BCUT2D eigenvalue weighted by atomic mass is 9.55. The third-order valence-electron chi connectivity index (χ3n) is 8.58. The SMILES string of the molecule is C/C=C1/C=C2CC3C(CCC4(C)C(C)CCC34)C2(C)CC1.CC. The molecule has 4 aliphatic rings. The Bertz CT molecular complexity index is 510. The van der Waals surface area contributed by atoms with Crippen molar-refractivity contribution in [2.75, 3.05) is 0 Å². The standard InChI is InChI=1S/C21H32.C2H6/c1-5-15-8-10-21(4)16(12-15)13-17-18-7-6-14(2)20(18,3)11-9-19(17)21;1-2/h5,12,14,17-19H,6-11,13H2,1-4H3;1-2H3/b15-5+;. The molecule has 6 unspecified atom stereocenters. The van der Waals surface area contributed by atoms with Gasteiger partial charge in [0.25, 0.3) is 0 Å². The average molecular weight is 315 g/mol. The molecule has 0 nitrogen and oxygen atoms in total. The van der Waals surface area contributed by atoms with Crippen molar-refractivity contribution in [2.24, 2.45) is 34.5 Å². The van der Waals surface area contributed by atoms with Gasteiger partial charge in [0.2, 0.25) is 0 Å². The maximum atomic E-state index is 2.63. The zero-order valence-corrected chi connectivity index (χ0v) is 16.4. The second-order valence-corrected chi connectivity index (χ2v) is 9.05. The normalized spacial score (nSPS) is 49.7. The first-order valence-electron chi connectivity index (χ1n) is 10.4. The van der Waals surface area contributed by atoms with Gasteiger partial charge in [-0.15, -0.1) is 0 Å². The van der Waals surface area contributed by atoms with Crippen LogP contribution in [0.15, 0.2) is 23.3 Å². The number of allylic oxidation sites excluding steroid dienone is 4. The predicted molar refractivity (Wildman–Crippen MR) is 101 cm³/mol. The van der Waals surface area contributed by atoms with Crippen molar-refractivity contribution in [1.29, 1.82) is 0 Å². The van der Waals surface area contributed by atoms with Gasteiger partial charge in [-0.2, -0.15) is 0 Å². The third-order valence-corrected chi connectivity index (χ3v) is 8.58. The number of rotatable bonds is 0. The van der Waals surface area contributed by atoms with Crippen molar-refractivity contribution in [3.8, 4) is 0 Å². The summed E-state index contributed by atoms with van der Waals surface area (Å²) in [6.45, 7) is 14.0. The summed E-state index contributed by atoms with van der Waals surface area (Å²) >= 11 is 0. The lowest BCUT2D eigenvalue weighted by Gasteiger charge is -2.49. The van der Waals surface area contributed by atoms with Gasteiger partial charge in [-0.25, -0.2) is 0 Å². The van der Waals surface area contributed by atoms with E-state index in [2.05, 4.69) is 39.8 Å². The number of hydrogen-bond donors (Lipinski definition) is 0. The molecule has 0 aromatic rings. The van der Waals surface area contributed by atoms with Gasteiger partial charge in [-0.05, 0) is 86.4 Å². The molecule has 130 valence electrons. The molecule has 6 atom stereocenters. The lowest BCUT2D eigenvalue weighted by molar-refractivity contribution is 0.00106. The van der Waals surface area contributed by atoms with Crippen LogP contribution in [0.5, 0.6) is 0 Å². The Morgan fingerprint density at radius 1 is 1.04 bits per heavy atom. The first-order valence-corrected chi connectivity index (χ1v) is 10.4. The van der Waals surface area contributed by atoms with E-state index in [1.165, 1.54) is 44.9 Å². The molecule has 3 saturated carbocycles. The molecule has 0 aromatic carbocycles. The molecule has 0 N–H and O–H groups in total. The zero-order valence-electron chi connectivity index (χ0n) is 16.4. The second kappa shape index (κ2) is 6.08. The minimum absolute atomic E-state index is 0.546. The van der Waals surface area contributed by atoms with Gasteiger partial charge in [-0.3, -0.25) is 0 Å². The van der Waals surface area contributed by atoms with E-state index >= 15 is 0 Å². The van der Waals surface area contributed by atoms with E-state index in [9.17, 15) is 0 Å². The molecule has 0 spiro atoms. The fourth-order valence-electron chi connectivity index (χ4n) is 6.85. The molecule has 0 bridgehead atoms. The van der Waals surface area contributed by atoms with Crippen molar-refractivity contribution >= 4 is 0 Å². The minimum Gasteiger partial charge on any atom is -0.0844 e. The van der Waals surface area contributed by atoms with Crippen LogP contribution in [0.3, 0.4) is 0 Å². The summed E-state index contributed by atoms with van der Waals surface area (Å²) in [5.41, 5.74) is 4.63. The highest BCUT2D eigenvalue weighted by Gasteiger charge is 2.59. The number of fused-ring (bicyclic) bond motifs is 5. The summed E-state index contributed by atoms with van der Waals surface area (Å²) in [7, 11) is 0. The molecule has 4 rings (SSSR count). The molecule has 0 heteroatoms. The monoisotopic (exact) mass is 314 g/mol. The fraction of sp³-hybridized carbons (Fsp3) is 0.826. The molecular formula is C23H38. The predicted octanol–water partition coefficient (Wildman–Crippen LogP) is 7.17. The Hall–Kier alpha value is -0.520. The highest BCUT2D eigenvalue weighted by atomic mass is 14.6. The lowest BCUT2D eigenvalue weighted by Crippen LogP contribution is -2.42. The first-order chi connectivity index (χ1) is 11.0. The molecule has 0 radical (unpaired) electrons. The van der Waals surface area contributed by atoms with Crippen LogP contribution in [0, 0.1) is 34.5 Å². The molecule has 4 aliphatic carbocycles. The Morgan fingerprint density at radius 3 is 2.48 bits per heavy atom. The molecular weight excluding hydrogens is 276 g/mol. The average Bonchev–Trinajstić information content (AvgIpc) is 3.03. The maximum Gasteiger partial charge on any atom is -0.00788 e. The third kappa shape index (κ3) is 2.38. The van der Waals surface area contributed by atoms with Crippen LogP contribution in [0.2, 0.25) is 0 Å². The van der Waals surface area contributed by atoms with Crippen LogP contribution in [0.4, 0.5) is 0 Å². The van der Waals surface area contributed by atoms with Crippen molar-refractivity contribution in [1.82, 2.24) is 0 Å². The summed E-state index contributed by atoms with van der Waals surface area (Å²) in [4.78, 5) is 0. The van der Waals surface area contributed by atoms with Crippen molar-refractivity contribution < 1.29 is 0 Å². The van der Waals surface area contributed by atoms with E-state index in [-0.39, 0.29) is 0 Å². The van der Waals surface area contributed by atoms with E-state index in [1.807, 2.05) is 19.4 Å². The van der Waals surface area contributed by atoms with Gasteiger partial charge >= 0.3 is 0 Å². The summed E-state index contributed by atoms with van der Waals surface area (Å²) in [6, 6.07) is 0. The van der Waals surface area contributed by atoms with Crippen LogP contribution < -0.4 is 0 Å². The van der Waals surface area contributed by atoms with Gasteiger partial charge in [-0.1, -0.05) is 57.9 Å². The Morgan fingerprint density at radius 2 is 1.78 bits per heavy atom. The molecule has 3 fully saturated rings. The van der Waals surface area contributed by atoms with Crippen LogP contribution in [0.25, 0.3) is 0 Å². The van der Waals surface area contributed by atoms with E-state index in [0.29, 0.717) is 10.8 Å². The molecule has 23 heavy (non-hydrogen) atoms. The van der Waals surface area contributed by atoms with Crippen molar-refractivity contribution in [3.63, 3.8) is 0 Å². The Balaban J connectivity index is 0.000000753. The first kappa shape index (κ1) is 17.3. The van der Waals surface area contributed by atoms with E-state index in [4.69, 9.17) is 0 Å². The molecule has 0 heterocycles. The van der Waals surface area contributed by atoms with Crippen LogP contribution in [0.1, 0.15) is 86.5 Å². The number of hydrogen-bond acceptors (Lipinski definition) is 0. The molecule has 0 saturated heterocycles. The molecule has 0 aromatic heterocycles. The highest BCUT2D eigenvalue weighted by Crippen LogP contribution is 2.68. The van der Waals surface area contributed by atoms with Gasteiger partial charge < -0.3 is 0 Å². The summed E-state index contributed by atoms with van der Waals surface area (Å²) in [5, 5.41) is 0. The topological polar surface area (TPSA) is 0 Å². The van der Waals surface area contributed by atoms with E-state index in [0.717, 1.165) is 23.7 Å². The highest BCUT2D eigenvalue weighted by molar-refractivity contribution is 5.36. The van der Waals surface area contributed by atoms with Crippen LogP contribution in [-0.2, 0) is 0 Å². The van der Waals surface area contributed by atoms with Crippen LogP contribution in [-0.4, -0.2) is 0 Å². The van der Waals surface area contributed by atoms with Crippen LogP contribution >= 0.6 is 0 Å². The van der Waals surface area contributed by atoms with E-state index in [1.54, 1.807) is 5.57 Å². The summed E-state index contributed by atoms with van der Waals surface area (Å²) in [5.74, 6) is 3.97. The minimum atomic E-state index is 0.546. The van der Waals surface area contributed by atoms with Gasteiger partial charge in [0.15, 0.2) is 0 Å². The second-order valence-electron chi connectivity index (χ2n) is 9.05. The Labute approximate surface area is 144 Å². The summed E-state index contributed by atoms with van der Waals surface area (Å²) < 4.78 is 0. The maximum absolute atomic E-state index is 2.63. The van der Waals surface area contributed by atoms with Gasteiger partial charge in [0.05, 0.1) is 0 Å². The molecule has 0 aliphatic heterocycles. The van der Waals surface area contributed by atoms with Crippen molar-refractivity contribution in [2.45, 2.75) is 86.5 Å². The largest absolute Gasteiger partial charge is 0.0844 e. The fourth-order valence-corrected chi connectivity index (χ4v) is 6.85. The summed E-state index contributed by atoms with van der Waals surface area (Å²) in [6.07, 6.45) is 15.1. The van der Waals surface area contributed by atoms with E-state index < -0.39 is 0 Å². The molecule has 0 amide bonds. The zero-order chi connectivity index (χ0) is 16.8.